The van der Waals surface area contributed by atoms with Gasteiger partial charge in [-0.3, -0.25) is 9.97 Å². The van der Waals surface area contributed by atoms with Crippen molar-refractivity contribution in [3.8, 4) is 33.9 Å². The summed E-state index contributed by atoms with van der Waals surface area (Å²) in [5, 5.41) is 20.4. The Balaban J connectivity index is 1.10. The van der Waals surface area contributed by atoms with Crippen LogP contribution in [0.3, 0.4) is 0 Å². The first-order chi connectivity index (χ1) is 34.3. The Bertz CT molecular complexity index is 4460. The molecule has 0 aliphatic carbocycles. The predicted octanol–water partition coefficient (Wildman–Crippen LogP) is 14.1. The number of benzene rings is 11. The minimum absolute atomic E-state index is 0.0881. The van der Waals surface area contributed by atoms with Crippen molar-refractivity contribution in [2.75, 3.05) is 0 Å². The molecule has 0 saturated carbocycles. The molecule has 0 amide bonds. The van der Waals surface area contributed by atoms with Crippen LogP contribution in [0.2, 0.25) is 0 Å². The molecule has 314 valence electrons. The second-order valence-electron chi connectivity index (χ2n) is 19.1. The van der Waals surface area contributed by atoms with Crippen LogP contribution in [0.15, 0.2) is 213 Å². The van der Waals surface area contributed by atoms with Crippen LogP contribution in [-0.2, 0) is 0 Å². The van der Waals surface area contributed by atoms with E-state index in [1.165, 1.54) is 136 Å². The molecular formula is C64H35BN4. The third-order valence-electron chi connectivity index (χ3n) is 15.9. The van der Waals surface area contributed by atoms with Crippen molar-refractivity contribution in [2.45, 2.75) is 0 Å². The van der Waals surface area contributed by atoms with Gasteiger partial charge in [-0.05, 0) is 131 Å². The van der Waals surface area contributed by atoms with Gasteiger partial charge < -0.3 is 9.13 Å². The maximum absolute atomic E-state index is 5.03. The monoisotopic (exact) mass is 870 g/mol. The van der Waals surface area contributed by atoms with Gasteiger partial charge in [-0.2, -0.15) is 0 Å². The van der Waals surface area contributed by atoms with Gasteiger partial charge in [-0.15, -0.1) is 0 Å². The molecule has 0 radical (unpaired) electrons. The predicted molar refractivity (Wildman–Crippen MR) is 291 cm³/mol. The fourth-order valence-electron chi connectivity index (χ4n) is 13.3. The number of hydrogen-bond donors (Lipinski definition) is 0. The van der Waals surface area contributed by atoms with Crippen LogP contribution in [0.5, 0.6) is 0 Å². The average molecular weight is 871 g/mol. The molecule has 15 aromatic rings. The maximum Gasteiger partial charge on any atom is 0.252 e. The van der Waals surface area contributed by atoms with Crippen molar-refractivity contribution in [2.24, 2.45) is 0 Å². The minimum atomic E-state index is -0.0881. The van der Waals surface area contributed by atoms with Crippen LogP contribution < -0.4 is 16.4 Å². The van der Waals surface area contributed by atoms with E-state index in [1.807, 2.05) is 24.5 Å². The highest BCUT2D eigenvalue weighted by molar-refractivity contribution is 7.00. The normalized spacial score (nSPS) is 12.9. The molecule has 11 aromatic carbocycles. The van der Waals surface area contributed by atoms with E-state index in [4.69, 9.17) is 9.97 Å². The second kappa shape index (κ2) is 12.9. The molecule has 0 atom stereocenters. The lowest BCUT2D eigenvalue weighted by Crippen LogP contribution is -2.59. The minimum Gasteiger partial charge on any atom is -0.310 e. The molecule has 0 saturated heterocycles. The highest BCUT2D eigenvalue weighted by atomic mass is 15.0. The number of fused-ring (bicyclic) bond motifs is 24. The fourth-order valence-corrected chi connectivity index (χ4v) is 13.3. The zero-order chi connectivity index (χ0) is 44.6. The van der Waals surface area contributed by atoms with Crippen LogP contribution >= 0.6 is 0 Å². The molecule has 0 spiro atoms. The molecule has 4 aromatic heterocycles. The van der Waals surface area contributed by atoms with Crippen molar-refractivity contribution in [1.82, 2.24) is 19.1 Å². The molecule has 4 nitrogen and oxygen atoms in total. The van der Waals surface area contributed by atoms with Crippen LogP contribution in [0.1, 0.15) is 0 Å². The molecule has 17 rings (SSSR count). The zero-order valence-corrected chi connectivity index (χ0v) is 37.1. The molecule has 69 heavy (non-hydrogen) atoms. The van der Waals surface area contributed by atoms with Gasteiger partial charge in [0.15, 0.2) is 0 Å². The summed E-state index contributed by atoms with van der Waals surface area (Å²) in [6.07, 6.45) is 3.85. The van der Waals surface area contributed by atoms with Crippen LogP contribution in [-0.4, -0.2) is 25.8 Å². The Labute approximate surface area is 395 Å². The highest BCUT2D eigenvalue weighted by Crippen LogP contribution is 2.48. The number of rotatable bonds is 2. The zero-order valence-electron chi connectivity index (χ0n) is 37.1. The van der Waals surface area contributed by atoms with E-state index < -0.39 is 0 Å². The summed E-state index contributed by atoms with van der Waals surface area (Å²) in [5.41, 5.74) is 15.5. The molecule has 2 aliphatic rings. The molecule has 0 N–H and O–H groups in total. The average Bonchev–Trinajstić information content (AvgIpc) is 3.95. The number of aromatic nitrogens is 4. The molecule has 2 aliphatic heterocycles. The maximum atomic E-state index is 5.03. The largest absolute Gasteiger partial charge is 0.310 e. The van der Waals surface area contributed by atoms with Gasteiger partial charge in [-0.25, -0.2) is 0 Å². The lowest BCUT2D eigenvalue weighted by atomic mass is 9.34. The third-order valence-corrected chi connectivity index (χ3v) is 15.9. The molecule has 0 unspecified atom stereocenters. The summed E-state index contributed by atoms with van der Waals surface area (Å²) in [6, 6.07) is 74.8. The van der Waals surface area contributed by atoms with E-state index in [9.17, 15) is 0 Å². The molecule has 6 heterocycles. The van der Waals surface area contributed by atoms with Gasteiger partial charge in [0.2, 0.25) is 0 Å². The quantitative estimate of drug-likeness (QED) is 0.128. The summed E-state index contributed by atoms with van der Waals surface area (Å²) in [5.74, 6) is 0. The number of pyridine rings is 2. The topological polar surface area (TPSA) is 35.6 Å². The van der Waals surface area contributed by atoms with Gasteiger partial charge in [0.05, 0.1) is 22.4 Å². The smallest absolute Gasteiger partial charge is 0.252 e. The van der Waals surface area contributed by atoms with E-state index >= 15 is 0 Å². The molecule has 0 fully saturated rings. The summed E-state index contributed by atoms with van der Waals surface area (Å²) < 4.78 is 5.21. The Morgan fingerprint density at radius 2 is 0.681 bits per heavy atom. The lowest BCUT2D eigenvalue weighted by Gasteiger charge is -2.34. The van der Waals surface area contributed by atoms with Crippen molar-refractivity contribution in [3.63, 3.8) is 0 Å². The molecular weight excluding hydrogens is 836 g/mol. The number of hydrogen-bond acceptors (Lipinski definition) is 2. The van der Waals surface area contributed by atoms with E-state index in [1.54, 1.807) is 0 Å². The second-order valence-corrected chi connectivity index (χ2v) is 19.1. The standard InChI is InChI=1S/C64H35BN4/c1-3-18-42-38(14-1)40-16-5-7-20-44(40)58-46(42)26-28-54-60(58)48-32-36(52-22-9-11-30-66-52)34-50-63(48)68(54)56-24-13-25-57-62(56)65(50)51-35-37(53-23-10-12-31-67-53)33-49-61-55(69(57)64(49)51)29-27-47-43-19-4-2-15-39(43)41-17-6-8-21-45(41)59(47)61/h1-35H. The lowest BCUT2D eigenvalue weighted by molar-refractivity contribution is 1.14. The highest BCUT2D eigenvalue weighted by Gasteiger charge is 2.42. The summed E-state index contributed by atoms with van der Waals surface area (Å²) in [6.45, 7) is -0.0881. The van der Waals surface area contributed by atoms with Crippen molar-refractivity contribution in [3.05, 3.63) is 213 Å². The van der Waals surface area contributed by atoms with Crippen LogP contribution in [0.4, 0.5) is 0 Å². The van der Waals surface area contributed by atoms with Crippen LogP contribution in [0.25, 0.3) is 142 Å². The number of nitrogens with zero attached hydrogens (tertiary/aromatic N) is 4. The van der Waals surface area contributed by atoms with Crippen molar-refractivity contribution in [1.29, 1.82) is 0 Å². The molecule has 0 bridgehead atoms. The first kappa shape index (κ1) is 36.1. The summed E-state index contributed by atoms with van der Waals surface area (Å²) in [4.78, 5) is 10.1. The Morgan fingerprint density at radius 3 is 1.09 bits per heavy atom. The molecule has 5 heteroatoms. The van der Waals surface area contributed by atoms with Gasteiger partial charge in [0, 0.05) is 78.2 Å². The van der Waals surface area contributed by atoms with Gasteiger partial charge in [-0.1, -0.05) is 140 Å². The summed E-state index contributed by atoms with van der Waals surface area (Å²) >= 11 is 0. The van der Waals surface area contributed by atoms with E-state index in [0.717, 1.165) is 22.5 Å². The van der Waals surface area contributed by atoms with Gasteiger partial charge in [0.1, 0.15) is 0 Å². The fraction of sp³-hybridized carbons (Fsp3) is 0. The first-order valence-electron chi connectivity index (χ1n) is 23.9. The van der Waals surface area contributed by atoms with Crippen molar-refractivity contribution >= 4 is 131 Å². The van der Waals surface area contributed by atoms with Gasteiger partial charge >= 0.3 is 0 Å². The van der Waals surface area contributed by atoms with E-state index in [0.29, 0.717) is 0 Å². The van der Waals surface area contributed by atoms with E-state index in [-0.39, 0.29) is 6.71 Å². The summed E-state index contributed by atoms with van der Waals surface area (Å²) in [7, 11) is 0. The van der Waals surface area contributed by atoms with Crippen LogP contribution in [0, 0.1) is 0 Å². The Morgan fingerprint density at radius 1 is 0.304 bits per heavy atom. The SMILES string of the molecule is c1ccc(-c2cc3c4c(c2)c2c5c6ccccc6c6ccccc6c5ccc2n4-c2cccc4c2B3c2cc(-c3ccccn3)cc3c5c6c7ccccc7c7ccccc7c6ccc5n-4c23)nc1. The van der Waals surface area contributed by atoms with Gasteiger partial charge in [0.25, 0.3) is 6.71 Å². The van der Waals surface area contributed by atoms with E-state index in [2.05, 4.69) is 197 Å². The Hall–Kier alpha value is -9.06. The third kappa shape index (κ3) is 4.46. The Kier molecular flexibility index (Phi) is 6.74. The first-order valence-corrected chi connectivity index (χ1v) is 23.9. The van der Waals surface area contributed by atoms with Crippen molar-refractivity contribution < 1.29 is 0 Å².